The zero-order valence-electron chi connectivity index (χ0n) is 18.2. The van der Waals surface area contributed by atoms with Crippen LogP contribution >= 0.6 is 11.3 Å². The summed E-state index contributed by atoms with van der Waals surface area (Å²) in [6.45, 7) is 2.52. The van der Waals surface area contributed by atoms with Crippen LogP contribution < -0.4 is 5.56 Å². The molecule has 0 atom stereocenters. The molecule has 0 unspecified atom stereocenters. The van der Waals surface area contributed by atoms with Crippen molar-refractivity contribution in [2.75, 3.05) is 0 Å². The van der Waals surface area contributed by atoms with Gasteiger partial charge in [-0.25, -0.2) is 4.98 Å². The van der Waals surface area contributed by atoms with E-state index in [1.165, 1.54) is 24.0 Å². The Kier molecular flexibility index (Phi) is 5.63. The van der Waals surface area contributed by atoms with Gasteiger partial charge in [-0.2, -0.15) is 5.26 Å². The van der Waals surface area contributed by atoms with E-state index in [-0.39, 0.29) is 5.56 Å². The number of aryl methyl sites for hydroxylation is 3. The van der Waals surface area contributed by atoms with Gasteiger partial charge in [-0.05, 0) is 66.5 Å². The molecule has 2 aromatic carbocycles. The van der Waals surface area contributed by atoms with Crippen LogP contribution in [-0.4, -0.2) is 9.55 Å². The highest BCUT2D eigenvalue weighted by Gasteiger charge is 2.18. The number of nitriles is 1. The van der Waals surface area contributed by atoms with Gasteiger partial charge in [0.15, 0.2) is 0 Å². The molecule has 32 heavy (non-hydrogen) atoms. The van der Waals surface area contributed by atoms with Crippen LogP contribution in [0.25, 0.3) is 21.3 Å². The van der Waals surface area contributed by atoms with Gasteiger partial charge in [-0.3, -0.25) is 9.36 Å². The van der Waals surface area contributed by atoms with Crippen LogP contribution in [0.4, 0.5) is 0 Å². The van der Waals surface area contributed by atoms with Crippen molar-refractivity contribution < 1.29 is 0 Å². The van der Waals surface area contributed by atoms with Crippen LogP contribution in [0.2, 0.25) is 0 Å². The van der Waals surface area contributed by atoms with Gasteiger partial charge in [0.2, 0.25) is 0 Å². The lowest BCUT2D eigenvalue weighted by Gasteiger charge is -2.16. The van der Waals surface area contributed by atoms with Crippen molar-refractivity contribution in [3.05, 3.63) is 86.3 Å². The summed E-state index contributed by atoms with van der Waals surface area (Å²) in [4.78, 5) is 19.5. The molecule has 0 bridgehead atoms. The predicted molar refractivity (Wildman–Crippen MR) is 130 cm³/mol. The summed E-state index contributed by atoms with van der Waals surface area (Å²) in [7, 11) is 0. The van der Waals surface area contributed by atoms with Crippen LogP contribution in [0.1, 0.15) is 54.3 Å². The minimum Gasteiger partial charge on any atom is -0.292 e. The number of benzene rings is 2. The first-order valence-corrected chi connectivity index (χ1v) is 12.2. The topological polar surface area (TPSA) is 58.7 Å². The molecule has 0 saturated heterocycles. The number of hydrogen-bond donors (Lipinski definition) is 0. The second-order valence-corrected chi connectivity index (χ2v) is 9.36. The molecule has 0 amide bonds. The van der Waals surface area contributed by atoms with E-state index >= 15 is 0 Å². The second kappa shape index (κ2) is 8.72. The number of fused-ring (bicyclic) bond motifs is 2. The van der Waals surface area contributed by atoms with Gasteiger partial charge in [-0.15, -0.1) is 11.3 Å². The highest BCUT2D eigenvalue weighted by molar-refractivity contribution is 7.17. The summed E-state index contributed by atoms with van der Waals surface area (Å²) in [6.07, 6.45) is 6.42. The van der Waals surface area contributed by atoms with E-state index in [2.05, 4.69) is 36.6 Å². The Balaban J connectivity index is 1.65. The first-order valence-electron chi connectivity index (χ1n) is 11.3. The van der Waals surface area contributed by atoms with Crippen molar-refractivity contribution in [1.29, 1.82) is 5.26 Å². The Hall–Kier alpha value is -3.23. The average molecular weight is 440 g/mol. The standard InChI is InChI=1S/C27H25N3OS/c1-2-6-24-29-26-25(27(31)30(24)16-19-8-5-7-18(13-19)15-28)23(17-32-26)22-12-11-20-9-3-4-10-21(20)14-22/h5,7-8,11-14,17H,2-4,6,9-10,16H2,1H3. The monoisotopic (exact) mass is 439 g/mol. The molecule has 0 fully saturated rings. The summed E-state index contributed by atoms with van der Waals surface area (Å²) >= 11 is 1.55. The highest BCUT2D eigenvalue weighted by Crippen LogP contribution is 2.34. The molecular formula is C27H25N3OS. The van der Waals surface area contributed by atoms with E-state index in [9.17, 15) is 10.1 Å². The third-order valence-corrected chi connectivity index (χ3v) is 7.17. The van der Waals surface area contributed by atoms with Crippen molar-refractivity contribution in [3.8, 4) is 17.2 Å². The quantitative estimate of drug-likeness (QED) is 0.390. The minimum absolute atomic E-state index is 0.00906. The molecule has 0 radical (unpaired) electrons. The lowest BCUT2D eigenvalue weighted by Crippen LogP contribution is -2.25. The summed E-state index contributed by atoms with van der Waals surface area (Å²) in [5.74, 6) is 0.811. The number of thiophene rings is 1. The van der Waals surface area contributed by atoms with Gasteiger partial charge >= 0.3 is 0 Å². The van der Waals surface area contributed by atoms with Gasteiger partial charge in [0.05, 0.1) is 23.6 Å². The maximum absolute atomic E-state index is 13.8. The van der Waals surface area contributed by atoms with Crippen LogP contribution in [0.3, 0.4) is 0 Å². The Morgan fingerprint density at radius 2 is 1.97 bits per heavy atom. The molecule has 4 nitrogen and oxygen atoms in total. The number of rotatable bonds is 5. The number of nitrogens with zero attached hydrogens (tertiary/aromatic N) is 3. The maximum Gasteiger partial charge on any atom is 0.263 e. The molecule has 160 valence electrons. The van der Waals surface area contributed by atoms with Crippen LogP contribution in [-0.2, 0) is 25.8 Å². The minimum atomic E-state index is 0.00906. The molecular weight excluding hydrogens is 414 g/mol. The van der Waals surface area contributed by atoms with Gasteiger partial charge in [0, 0.05) is 17.4 Å². The van der Waals surface area contributed by atoms with Crippen LogP contribution in [0.15, 0.2) is 52.6 Å². The van der Waals surface area contributed by atoms with E-state index in [0.717, 1.165) is 53.0 Å². The first-order chi connectivity index (χ1) is 15.7. The SMILES string of the molecule is CCCc1nc2scc(-c3ccc4c(c3)CCCC4)c2c(=O)n1Cc1cccc(C#N)c1. The van der Waals surface area contributed by atoms with E-state index in [0.29, 0.717) is 17.5 Å². The van der Waals surface area contributed by atoms with E-state index in [4.69, 9.17) is 4.98 Å². The molecule has 1 aliphatic rings. The van der Waals surface area contributed by atoms with Gasteiger partial charge in [0.1, 0.15) is 10.7 Å². The fourth-order valence-electron chi connectivity index (χ4n) is 4.68. The van der Waals surface area contributed by atoms with Gasteiger partial charge < -0.3 is 0 Å². The molecule has 0 N–H and O–H groups in total. The predicted octanol–water partition coefficient (Wildman–Crippen LogP) is 5.88. The van der Waals surface area contributed by atoms with Crippen molar-refractivity contribution in [3.63, 3.8) is 0 Å². The Morgan fingerprint density at radius 3 is 2.78 bits per heavy atom. The van der Waals surface area contributed by atoms with Crippen molar-refractivity contribution in [1.82, 2.24) is 9.55 Å². The highest BCUT2D eigenvalue weighted by atomic mass is 32.1. The van der Waals surface area contributed by atoms with Crippen LogP contribution in [0, 0.1) is 11.3 Å². The molecule has 5 heteroatoms. The normalized spacial score (nSPS) is 13.1. The fraction of sp³-hybridized carbons (Fsp3) is 0.296. The first kappa shape index (κ1) is 20.7. The van der Waals surface area contributed by atoms with Crippen molar-refractivity contribution in [2.24, 2.45) is 0 Å². The third kappa shape index (κ3) is 3.76. The van der Waals surface area contributed by atoms with Crippen LogP contribution in [0.5, 0.6) is 0 Å². The summed E-state index contributed by atoms with van der Waals surface area (Å²) in [5, 5.41) is 12.0. The Morgan fingerprint density at radius 1 is 1.12 bits per heavy atom. The number of aromatic nitrogens is 2. The number of hydrogen-bond acceptors (Lipinski definition) is 4. The zero-order valence-corrected chi connectivity index (χ0v) is 19.0. The van der Waals surface area contributed by atoms with E-state index in [1.807, 2.05) is 18.2 Å². The lowest BCUT2D eigenvalue weighted by molar-refractivity contribution is 0.666. The van der Waals surface area contributed by atoms with Crippen molar-refractivity contribution in [2.45, 2.75) is 52.0 Å². The Labute approximate surface area is 191 Å². The van der Waals surface area contributed by atoms with E-state index in [1.54, 1.807) is 22.0 Å². The third-order valence-electron chi connectivity index (χ3n) is 6.30. The average Bonchev–Trinajstić information content (AvgIpc) is 3.25. The second-order valence-electron chi connectivity index (χ2n) is 8.50. The summed E-state index contributed by atoms with van der Waals surface area (Å²) < 4.78 is 1.80. The largest absolute Gasteiger partial charge is 0.292 e. The maximum atomic E-state index is 13.8. The molecule has 4 aromatic rings. The van der Waals surface area contributed by atoms with E-state index < -0.39 is 0 Å². The molecule has 2 heterocycles. The molecule has 1 aliphatic carbocycles. The smallest absolute Gasteiger partial charge is 0.263 e. The van der Waals surface area contributed by atoms with Gasteiger partial charge in [0.25, 0.3) is 5.56 Å². The molecule has 5 rings (SSSR count). The lowest BCUT2D eigenvalue weighted by atomic mass is 9.89. The molecule has 0 saturated carbocycles. The molecule has 0 spiro atoms. The fourth-order valence-corrected chi connectivity index (χ4v) is 5.64. The molecule has 2 aromatic heterocycles. The summed E-state index contributed by atoms with van der Waals surface area (Å²) in [6, 6.07) is 16.3. The summed E-state index contributed by atoms with van der Waals surface area (Å²) in [5.41, 5.74) is 6.50. The molecule has 0 aliphatic heterocycles. The van der Waals surface area contributed by atoms with Gasteiger partial charge in [-0.1, -0.05) is 37.3 Å². The van der Waals surface area contributed by atoms with Crippen molar-refractivity contribution >= 4 is 21.6 Å². The zero-order chi connectivity index (χ0) is 22.1. The Bertz CT molecular complexity index is 1410.